The molecule has 0 unspecified atom stereocenters. The summed E-state index contributed by atoms with van der Waals surface area (Å²) >= 11 is 0. The highest BCUT2D eigenvalue weighted by Gasteiger charge is 2.06. The number of pyridine rings is 2. The van der Waals surface area contributed by atoms with Crippen molar-refractivity contribution in [3.8, 4) is 11.6 Å². The topological polar surface area (TPSA) is 56.1 Å². The van der Waals surface area contributed by atoms with Crippen molar-refractivity contribution in [2.45, 2.75) is 19.9 Å². The molecule has 0 amide bonds. The molecule has 100 valence electrons. The van der Waals surface area contributed by atoms with Gasteiger partial charge in [0.1, 0.15) is 17.3 Å². The van der Waals surface area contributed by atoms with Gasteiger partial charge in [0.25, 0.3) is 5.56 Å². The van der Waals surface area contributed by atoms with Gasteiger partial charge < -0.3 is 10.1 Å². The standard InChI is InChI=1S/C14H17N3O2/c1-10(2)16-12-5-4-8-17(14(12)18)13-7-6-11(19-3)9-15-13/h4-10,16H,1-3H3. The van der Waals surface area contributed by atoms with E-state index in [0.29, 0.717) is 17.3 Å². The van der Waals surface area contributed by atoms with Crippen molar-refractivity contribution in [1.29, 1.82) is 0 Å². The molecule has 0 saturated heterocycles. The Hall–Kier alpha value is -2.30. The fraction of sp³-hybridized carbons (Fsp3) is 0.286. The Kier molecular flexibility index (Phi) is 3.85. The van der Waals surface area contributed by atoms with E-state index >= 15 is 0 Å². The minimum absolute atomic E-state index is 0.117. The van der Waals surface area contributed by atoms with E-state index in [1.807, 2.05) is 19.9 Å². The average Bonchev–Trinajstić information content (AvgIpc) is 2.41. The van der Waals surface area contributed by atoms with Crippen LogP contribution in [0, 0.1) is 0 Å². The number of hydrogen-bond donors (Lipinski definition) is 1. The number of nitrogens with one attached hydrogen (secondary N) is 1. The third-order valence-electron chi connectivity index (χ3n) is 2.59. The molecule has 2 heterocycles. The summed E-state index contributed by atoms with van der Waals surface area (Å²) in [4.78, 5) is 16.5. The fourth-order valence-corrected chi connectivity index (χ4v) is 1.73. The van der Waals surface area contributed by atoms with Crippen molar-refractivity contribution in [1.82, 2.24) is 9.55 Å². The molecule has 0 aliphatic carbocycles. The number of anilines is 1. The molecule has 0 saturated carbocycles. The maximum atomic E-state index is 12.3. The summed E-state index contributed by atoms with van der Waals surface area (Å²) in [6, 6.07) is 7.31. The summed E-state index contributed by atoms with van der Waals surface area (Å²) < 4.78 is 6.55. The highest BCUT2D eigenvalue weighted by atomic mass is 16.5. The molecule has 0 aliphatic rings. The first-order valence-corrected chi connectivity index (χ1v) is 6.10. The first kappa shape index (κ1) is 13.1. The average molecular weight is 259 g/mol. The van der Waals surface area contributed by atoms with Crippen LogP contribution in [0.1, 0.15) is 13.8 Å². The van der Waals surface area contributed by atoms with Crippen molar-refractivity contribution in [3.05, 3.63) is 47.0 Å². The van der Waals surface area contributed by atoms with Gasteiger partial charge in [0.15, 0.2) is 0 Å². The normalized spacial score (nSPS) is 10.5. The monoisotopic (exact) mass is 259 g/mol. The van der Waals surface area contributed by atoms with Crippen LogP contribution in [0.5, 0.6) is 5.75 Å². The fourth-order valence-electron chi connectivity index (χ4n) is 1.73. The quantitative estimate of drug-likeness (QED) is 0.913. The van der Waals surface area contributed by atoms with E-state index in [2.05, 4.69) is 10.3 Å². The maximum Gasteiger partial charge on any atom is 0.279 e. The Balaban J connectivity index is 2.41. The molecule has 19 heavy (non-hydrogen) atoms. The van der Waals surface area contributed by atoms with Gasteiger partial charge in [-0.3, -0.25) is 9.36 Å². The van der Waals surface area contributed by atoms with Crippen molar-refractivity contribution in [2.24, 2.45) is 0 Å². The number of nitrogens with zero attached hydrogens (tertiary/aromatic N) is 2. The van der Waals surface area contributed by atoms with Crippen molar-refractivity contribution in [3.63, 3.8) is 0 Å². The lowest BCUT2D eigenvalue weighted by atomic mass is 10.3. The molecule has 5 nitrogen and oxygen atoms in total. The van der Waals surface area contributed by atoms with Gasteiger partial charge in [-0.15, -0.1) is 0 Å². The summed E-state index contributed by atoms with van der Waals surface area (Å²) in [5.41, 5.74) is 0.448. The molecular weight excluding hydrogens is 242 g/mol. The highest BCUT2D eigenvalue weighted by molar-refractivity contribution is 5.43. The van der Waals surface area contributed by atoms with Crippen LogP contribution in [0.15, 0.2) is 41.5 Å². The van der Waals surface area contributed by atoms with Crippen molar-refractivity contribution in [2.75, 3.05) is 12.4 Å². The van der Waals surface area contributed by atoms with Crippen LogP contribution in [0.25, 0.3) is 5.82 Å². The van der Waals surface area contributed by atoms with E-state index in [9.17, 15) is 4.79 Å². The molecule has 0 spiro atoms. The third-order valence-corrected chi connectivity index (χ3v) is 2.59. The van der Waals surface area contributed by atoms with Gasteiger partial charge >= 0.3 is 0 Å². The van der Waals surface area contributed by atoms with Crippen LogP contribution < -0.4 is 15.6 Å². The molecule has 0 atom stereocenters. The van der Waals surface area contributed by atoms with E-state index in [1.54, 1.807) is 37.7 Å². The van der Waals surface area contributed by atoms with E-state index in [1.165, 1.54) is 4.57 Å². The second-order valence-electron chi connectivity index (χ2n) is 4.45. The number of aromatic nitrogens is 2. The Morgan fingerprint density at radius 1 is 1.32 bits per heavy atom. The molecule has 0 fully saturated rings. The van der Waals surface area contributed by atoms with E-state index < -0.39 is 0 Å². The number of rotatable bonds is 4. The first-order valence-electron chi connectivity index (χ1n) is 6.10. The van der Waals surface area contributed by atoms with Gasteiger partial charge in [0.05, 0.1) is 13.3 Å². The SMILES string of the molecule is COc1ccc(-n2cccc(NC(C)C)c2=O)nc1. The van der Waals surface area contributed by atoms with Gasteiger partial charge in [0, 0.05) is 12.2 Å². The smallest absolute Gasteiger partial charge is 0.279 e. The molecule has 5 heteroatoms. The van der Waals surface area contributed by atoms with E-state index in [-0.39, 0.29) is 11.6 Å². The highest BCUT2D eigenvalue weighted by Crippen LogP contribution is 2.11. The van der Waals surface area contributed by atoms with Crippen LogP contribution in [-0.4, -0.2) is 22.7 Å². The van der Waals surface area contributed by atoms with Gasteiger partial charge in [-0.25, -0.2) is 4.98 Å². The molecule has 1 N–H and O–H groups in total. The second-order valence-corrected chi connectivity index (χ2v) is 4.45. The predicted octanol–water partition coefficient (Wildman–Crippen LogP) is 2.06. The summed E-state index contributed by atoms with van der Waals surface area (Å²) in [5, 5.41) is 3.12. The Morgan fingerprint density at radius 2 is 2.11 bits per heavy atom. The zero-order chi connectivity index (χ0) is 13.8. The van der Waals surface area contributed by atoms with E-state index in [0.717, 1.165) is 0 Å². The third kappa shape index (κ3) is 2.93. The Bertz CT molecular complexity index is 603. The van der Waals surface area contributed by atoms with Gasteiger partial charge in [-0.05, 0) is 38.1 Å². The summed E-state index contributed by atoms with van der Waals surface area (Å²) in [5.74, 6) is 1.23. The summed E-state index contributed by atoms with van der Waals surface area (Å²) in [6.45, 7) is 3.98. The van der Waals surface area contributed by atoms with E-state index in [4.69, 9.17) is 4.74 Å². The summed E-state index contributed by atoms with van der Waals surface area (Å²) in [7, 11) is 1.58. The molecule has 2 rings (SSSR count). The minimum atomic E-state index is -0.117. The zero-order valence-electron chi connectivity index (χ0n) is 11.3. The molecule has 0 aliphatic heterocycles. The van der Waals surface area contributed by atoms with Gasteiger partial charge in [-0.1, -0.05) is 0 Å². The number of ether oxygens (including phenoxy) is 1. The first-order chi connectivity index (χ1) is 9.11. The molecule has 2 aromatic rings. The Labute approximate surface area is 111 Å². The van der Waals surface area contributed by atoms with Crippen LogP contribution in [0.2, 0.25) is 0 Å². The van der Waals surface area contributed by atoms with Crippen molar-refractivity contribution < 1.29 is 4.74 Å². The zero-order valence-corrected chi connectivity index (χ0v) is 11.3. The molecule has 0 radical (unpaired) electrons. The number of methoxy groups -OCH3 is 1. The lowest BCUT2D eigenvalue weighted by molar-refractivity contribution is 0.412. The van der Waals surface area contributed by atoms with Crippen molar-refractivity contribution >= 4 is 5.69 Å². The van der Waals surface area contributed by atoms with Gasteiger partial charge in [0.2, 0.25) is 0 Å². The number of hydrogen-bond acceptors (Lipinski definition) is 4. The Morgan fingerprint density at radius 3 is 2.68 bits per heavy atom. The van der Waals surface area contributed by atoms with Crippen LogP contribution in [0.4, 0.5) is 5.69 Å². The maximum absolute atomic E-state index is 12.3. The van der Waals surface area contributed by atoms with Crippen LogP contribution in [-0.2, 0) is 0 Å². The minimum Gasteiger partial charge on any atom is -0.495 e. The lowest BCUT2D eigenvalue weighted by Gasteiger charge is -2.11. The van der Waals surface area contributed by atoms with Crippen LogP contribution >= 0.6 is 0 Å². The molecule has 0 bridgehead atoms. The molecule has 2 aromatic heterocycles. The summed E-state index contributed by atoms with van der Waals surface area (Å²) in [6.07, 6.45) is 3.28. The largest absolute Gasteiger partial charge is 0.495 e. The lowest BCUT2D eigenvalue weighted by Crippen LogP contribution is -2.24. The van der Waals surface area contributed by atoms with Gasteiger partial charge in [-0.2, -0.15) is 0 Å². The van der Waals surface area contributed by atoms with Crippen LogP contribution in [0.3, 0.4) is 0 Å². The second kappa shape index (κ2) is 5.56. The molecular formula is C14H17N3O2. The predicted molar refractivity (Wildman–Crippen MR) is 75.1 cm³/mol. The molecule has 0 aromatic carbocycles.